The van der Waals surface area contributed by atoms with Crippen LogP contribution < -0.4 is 0 Å². The molecule has 0 spiro atoms. The largest absolute Gasteiger partial charge is 0.466 e. The molecule has 25 heavy (non-hydrogen) atoms. The second-order valence-electron chi connectivity index (χ2n) is 6.13. The fourth-order valence-electron chi connectivity index (χ4n) is 3.08. The lowest BCUT2D eigenvalue weighted by Gasteiger charge is -2.30. The van der Waals surface area contributed by atoms with Crippen LogP contribution in [-0.4, -0.2) is 35.7 Å². The van der Waals surface area contributed by atoms with Gasteiger partial charge in [-0.3, -0.25) is 9.69 Å². The molecular formula is C18H20Cl2N2O3. The molecule has 0 saturated carbocycles. The zero-order valence-electron chi connectivity index (χ0n) is 14.0. The predicted molar refractivity (Wildman–Crippen MR) is 96.6 cm³/mol. The van der Waals surface area contributed by atoms with Crippen LogP contribution in [0.5, 0.6) is 0 Å². The molecule has 2 heterocycles. The molecule has 1 aliphatic rings. The zero-order chi connectivity index (χ0) is 17.8. The minimum Gasteiger partial charge on any atom is -0.466 e. The molecule has 0 bridgehead atoms. The lowest BCUT2D eigenvalue weighted by atomic mass is 9.98. The number of aromatic nitrogens is 1. The highest BCUT2D eigenvalue weighted by atomic mass is 35.5. The Kier molecular flexibility index (Phi) is 5.99. The van der Waals surface area contributed by atoms with Crippen molar-refractivity contribution in [1.82, 2.24) is 10.1 Å². The van der Waals surface area contributed by atoms with Crippen molar-refractivity contribution in [3.63, 3.8) is 0 Å². The SMILES string of the molecule is CCOC(=O)C1CCCN(Cc2cc(-c3ccc(Cl)cc3Cl)no2)C1. The Hall–Kier alpha value is -1.56. The Labute approximate surface area is 156 Å². The van der Waals surface area contributed by atoms with Gasteiger partial charge < -0.3 is 9.26 Å². The Bertz CT molecular complexity index is 748. The van der Waals surface area contributed by atoms with Crippen molar-refractivity contribution in [2.45, 2.75) is 26.3 Å². The highest BCUT2D eigenvalue weighted by molar-refractivity contribution is 6.36. The molecule has 0 radical (unpaired) electrons. The Morgan fingerprint density at radius 1 is 1.40 bits per heavy atom. The third-order valence-electron chi connectivity index (χ3n) is 4.27. The molecule has 1 unspecified atom stereocenters. The normalized spacial score (nSPS) is 18.3. The molecule has 3 rings (SSSR count). The minimum atomic E-state index is -0.113. The van der Waals surface area contributed by atoms with E-state index in [0.29, 0.717) is 35.4 Å². The fraction of sp³-hybridized carbons (Fsp3) is 0.444. The molecule has 0 N–H and O–H groups in total. The van der Waals surface area contributed by atoms with Crippen molar-refractivity contribution in [2.75, 3.05) is 19.7 Å². The third kappa shape index (κ3) is 4.54. The number of likely N-dealkylation sites (tertiary alicyclic amines) is 1. The third-order valence-corrected chi connectivity index (χ3v) is 4.82. The minimum absolute atomic E-state index is 0.0678. The van der Waals surface area contributed by atoms with E-state index >= 15 is 0 Å². The van der Waals surface area contributed by atoms with Gasteiger partial charge in [0.25, 0.3) is 0 Å². The molecule has 1 aromatic heterocycles. The van der Waals surface area contributed by atoms with Gasteiger partial charge >= 0.3 is 5.97 Å². The maximum atomic E-state index is 11.9. The van der Waals surface area contributed by atoms with Gasteiger partial charge in [0.05, 0.1) is 24.1 Å². The Balaban J connectivity index is 1.66. The molecule has 134 valence electrons. The summed E-state index contributed by atoms with van der Waals surface area (Å²) in [5, 5.41) is 5.22. The van der Waals surface area contributed by atoms with Crippen LogP contribution in [0.25, 0.3) is 11.3 Å². The van der Waals surface area contributed by atoms with E-state index in [1.54, 1.807) is 12.1 Å². The number of halogens is 2. The summed E-state index contributed by atoms with van der Waals surface area (Å²) in [7, 11) is 0. The molecule has 1 atom stereocenters. The lowest BCUT2D eigenvalue weighted by molar-refractivity contribution is -0.150. The smallest absolute Gasteiger partial charge is 0.310 e. The summed E-state index contributed by atoms with van der Waals surface area (Å²) in [4.78, 5) is 14.1. The molecule has 2 aromatic rings. The quantitative estimate of drug-likeness (QED) is 0.716. The van der Waals surface area contributed by atoms with Crippen LogP contribution in [0.1, 0.15) is 25.5 Å². The highest BCUT2D eigenvalue weighted by Gasteiger charge is 2.27. The molecule has 1 saturated heterocycles. The van der Waals surface area contributed by atoms with E-state index < -0.39 is 0 Å². The van der Waals surface area contributed by atoms with E-state index in [-0.39, 0.29) is 11.9 Å². The standard InChI is InChI=1S/C18H20Cl2N2O3/c1-2-24-18(23)12-4-3-7-22(10-12)11-14-9-17(21-25-14)15-6-5-13(19)8-16(15)20/h5-6,8-9,12H,2-4,7,10-11H2,1H3. The highest BCUT2D eigenvalue weighted by Crippen LogP contribution is 2.30. The summed E-state index contributed by atoms with van der Waals surface area (Å²) in [5.41, 5.74) is 1.46. The van der Waals surface area contributed by atoms with Crippen molar-refractivity contribution in [3.05, 3.63) is 40.1 Å². The Morgan fingerprint density at radius 2 is 2.24 bits per heavy atom. The van der Waals surface area contributed by atoms with Gasteiger partial charge in [-0.05, 0) is 44.5 Å². The molecule has 0 aliphatic carbocycles. The summed E-state index contributed by atoms with van der Waals surface area (Å²) in [6, 6.07) is 7.15. The number of nitrogens with zero attached hydrogens (tertiary/aromatic N) is 2. The maximum Gasteiger partial charge on any atom is 0.310 e. The number of benzene rings is 1. The van der Waals surface area contributed by atoms with Crippen LogP contribution >= 0.6 is 23.2 Å². The maximum absolute atomic E-state index is 11.9. The monoisotopic (exact) mass is 382 g/mol. The van der Waals surface area contributed by atoms with Crippen LogP contribution in [0.4, 0.5) is 0 Å². The first-order valence-corrected chi connectivity index (χ1v) is 9.12. The number of rotatable bonds is 5. The summed E-state index contributed by atoms with van der Waals surface area (Å²) >= 11 is 12.1. The number of ether oxygens (including phenoxy) is 1. The fourth-order valence-corrected chi connectivity index (χ4v) is 3.59. The van der Waals surface area contributed by atoms with E-state index in [0.717, 1.165) is 30.7 Å². The number of carbonyl (C=O) groups is 1. The average Bonchev–Trinajstić information content (AvgIpc) is 3.03. The average molecular weight is 383 g/mol. The molecule has 0 amide bonds. The van der Waals surface area contributed by atoms with Gasteiger partial charge in [0.2, 0.25) is 0 Å². The first kappa shape index (κ1) is 18.2. The first-order chi connectivity index (χ1) is 12.1. The molecule has 1 fully saturated rings. The van der Waals surface area contributed by atoms with Crippen molar-refractivity contribution in [2.24, 2.45) is 5.92 Å². The summed E-state index contributed by atoms with van der Waals surface area (Å²) in [5.74, 6) is 0.561. The van der Waals surface area contributed by atoms with Crippen molar-refractivity contribution in [1.29, 1.82) is 0 Å². The van der Waals surface area contributed by atoms with Gasteiger partial charge in [0, 0.05) is 23.2 Å². The van der Waals surface area contributed by atoms with Gasteiger partial charge in [0.15, 0.2) is 5.76 Å². The van der Waals surface area contributed by atoms with E-state index in [2.05, 4.69) is 10.1 Å². The summed E-state index contributed by atoms with van der Waals surface area (Å²) < 4.78 is 10.6. The number of piperidine rings is 1. The predicted octanol–water partition coefficient (Wildman–Crippen LogP) is 4.42. The van der Waals surface area contributed by atoms with Crippen LogP contribution in [-0.2, 0) is 16.1 Å². The Morgan fingerprint density at radius 3 is 3.00 bits per heavy atom. The van der Waals surface area contributed by atoms with Crippen LogP contribution in [0, 0.1) is 5.92 Å². The van der Waals surface area contributed by atoms with Crippen LogP contribution in [0.3, 0.4) is 0 Å². The number of hydrogen-bond donors (Lipinski definition) is 0. The number of esters is 1. The molecule has 7 heteroatoms. The van der Waals surface area contributed by atoms with Gasteiger partial charge in [0.1, 0.15) is 5.69 Å². The van der Waals surface area contributed by atoms with E-state index in [1.165, 1.54) is 0 Å². The van der Waals surface area contributed by atoms with E-state index in [4.69, 9.17) is 32.5 Å². The van der Waals surface area contributed by atoms with Crippen molar-refractivity contribution < 1.29 is 14.1 Å². The molecule has 1 aromatic carbocycles. The summed E-state index contributed by atoms with van der Waals surface area (Å²) in [6.07, 6.45) is 1.84. The summed E-state index contributed by atoms with van der Waals surface area (Å²) in [6.45, 7) is 4.46. The second-order valence-corrected chi connectivity index (χ2v) is 6.97. The van der Waals surface area contributed by atoms with E-state index in [1.807, 2.05) is 19.1 Å². The van der Waals surface area contributed by atoms with Crippen LogP contribution in [0.15, 0.2) is 28.8 Å². The number of hydrogen-bond acceptors (Lipinski definition) is 5. The van der Waals surface area contributed by atoms with Crippen molar-refractivity contribution >= 4 is 29.2 Å². The molecule has 5 nitrogen and oxygen atoms in total. The first-order valence-electron chi connectivity index (χ1n) is 8.37. The van der Waals surface area contributed by atoms with E-state index in [9.17, 15) is 4.79 Å². The zero-order valence-corrected chi connectivity index (χ0v) is 15.5. The van der Waals surface area contributed by atoms with Gasteiger partial charge in [-0.15, -0.1) is 0 Å². The molecule has 1 aliphatic heterocycles. The van der Waals surface area contributed by atoms with Gasteiger partial charge in [-0.25, -0.2) is 0 Å². The van der Waals surface area contributed by atoms with Gasteiger partial charge in [-0.2, -0.15) is 0 Å². The second kappa shape index (κ2) is 8.21. The van der Waals surface area contributed by atoms with Crippen molar-refractivity contribution in [3.8, 4) is 11.3 Å². The van der Waals surface area contributed by atoms with Gasteiger partial charge in [-0.1, -0.05) is 28.4 Å². The number of carbonyl (C=O) groups excluding carboxylic acids is 1. The topological polar surface area (TPSA) is 55.6 Å². The molecular weight excluding hydrogens is 363 g/mol. The lowest BCUT2D eigenvalue weighted by Crippen LogP contribution is -2.38. The van der Waals surface area contributed by atoms with Crippen LogP contribution in [0.2, 0.25) is 10.0 Å².